The van der Waals surface area contributed by atoms with Crippen LogP contribution in [0.1, 0.15) is 156 Å². The third-order valence-electron chi connectivity index (χ3n) is 9.49. The summed E-state index contributed by atoms with van der Waals surface area (Å²) in [5, 5.41) is 10.8. The van der Waals surface area contributed by atoms with E-state index in [9.17, 15) is 9.90 Å². The molecule has 1 aliphatic carbocycles. The molecular weight excluding hydrogens is 532 g/mol. The summed E-state index contributed by atoms with van der Waals surface area (Å²) in [6.45, 7) is 13.4. The third-order valence-corrected chi connectivity index (χ3v) is 9.49. The van der Waals surface area contributed by atoms with Gasteiger partial charge in [-0.2, -0.15) is 0 Å². The van der Waals surface area contributed by atoms with Crippen molar-refractivity contribution in [2.75, 3.05) is 13.2 Å². The van der Waals surface area contributed by atoms with Crippen molar-refractivity contribution in [1.82, 2.24) is 0 Å². The lowest BCUT2D eigenvalue weighted by Crippen LogP contribution is -2.41. The molecule has 0 aromatic carbocycles. The maximum atomic E-state index is 12.8. The maximum Gasteiger partial charge on any atom is 0.305 e. The molecule has 4 heteroatoms. The van der Waals surface area contributed by atoms with E-state index in [1.807, 2.05) is 25.2 Å². The Morgan fingerprint density at radius 3 is 2.09 bits per heavy atom. The van der Waals surface area contributed by atoms with Crippen LogP contribution in [0, 0.1) is 11.8 Å². The van der Waals surface area contributed by atoms with E-state index in [-0.39, 0.29) is 24.4 Å². The van der Waals surface area contributed by atoms with Crippen molar-refractivity contribution in [1.29, 1.82) is 0 Å². The van der Waals surface area contributed by atoms with E-state index in [1.54, 1.807) is 0 Å². The van der Waals surface area contributed by atoms with Gasteiger partial charge in [-0.05, 0) is 52.5 Å². The minimum absolute atomic E-state index is 0.0940. The summed E-state index contributed by atoms with van der Waals surface area (Å²) in [6, 6.07) is 0. The highest BCUT2D eigenvalue weighted by Crippen LogP contribution is 2.46. The highest BCUT2D eigenvalue weighted by Gasteiger charge is 2.50. The number of hydrogen-bond donors (Lipinski definition) is 1. The molecule has 0 spiro atoms. The van der Waals surface area contributed by atoms with Gasteiger partial charge < -0.3 is 14.6 Å². The summed E-state index contributed by atoms with van der Waals surface area (Å²) in [5.74, 6) is 0.133. The Balaban J connectivity index is 1.69. The summed E-state index contributed by atoms with van der Waals surface area (Å²) >= 11 is 0. The van der Waals surface area contributed by atoms with E-state index < -0.39 is 11.2 Å². The Hall–Kier alpha value is -1.65. The fraction of sp³-hybridized carbons (Fsp3) is 0.769. The van der Waals surface area contributed by atoms with E-state index in [2.05, 4.69) is 39.5 Å². The summed E-state index contributed by atoms with van der Waals surface area (Å²) in [6.07, 6.45) is 33.8. The molecule has 1 saturated heterocycles. The fourth-order valence-corrected chi connectivity index (χ4v) is 6.66. The smallest absolute Gasteiger partial charge is 0.305 e. The van der Waals surface area contributed by atoms with Crippen molar-refractivity contribution >= 4 is 5.97 Å². The summed E-state index contributed by atoms with van der Waals surface area (Å²) in [4.78, 5) is 12.8. The van der Waals surface area contributed by atoms with Crippen LogP contribution >= 0.6 is 0 Å². The molecule has 0 amide bonds. The van der Waals surface area contributed by atoms with E-state index in [0.717, 1.165) is 31.3 Å². The number of allylic oxidation sites excluding steroid dienone is 4. The van der Waals surface area contributed by atoms with Gasteiger partial charge in [-0.3, -0.25) is 4.79 Å². The molecule has 0 aromatic rings. The number of aliphatic hydroxyl groups is 1. The minimum Gasteiger partial charge on any atom is -0.462 e. The van der Waals surface area contributed by atoms with Crippen LogP contribution in [0.5, 0.6) is 0 Å². The highest BCUT2D eigenvalue weighted by atomic mass is 16.6. The summed E-state index contributed by atoms with van der Waals surface area (Å²) in [7, 11) is 0. The molecule has 2 rings (SSSR count). The molecule has 0 radical (unpaired) electrons. The average Bonchev–Trinajstić information content (AvgIpc) is 3.34. The Morgan fingerprint density at radius 1 is 0.977 bits per heavy atom. The first-order chi connectivity index (χ1) is 20.7. The van der Waals surface area contributed by atoms with Gasteiger partial charge in [0.2, 0.25) is 0 Å². The van der Waals surface area contributed by atoms with Crippen molar-refractivity contribution in [2.45, 2.75) is 167 Å². The van der Waals surface area contributed by atoms with Crippen LogP contribution in [-0.4, -0.2) is 35.5 Å². The number of ether oxygens (including phenoxy) is 2. The summed E-state index contributed by atoms with van der Waals surface area (Å²) in [5.41, 5.74) is 0.754. The van der Waals surface area contributed by atoms with Gasteiger partial charge in [0.05, 0.1) is 12.2 Å². The van der Waals surface area contributed by atoms with Crippen molar-refractivity contribution in [3.8, 4) is 0 Å². The number of unbranched alkanes of at least 4 members (excludes halogenated alkanes) is 15. The molecule has 1 aliphatic heterocycles. The van der Waals surface area contributed by atoms with Gasteiger partial charge in [0.25, 0.3) is 0 Å². The number of carbonyl (C=O) groups is 1. The molecule has 0 saturated carbocycles. The van der Waals surface area contributed by atoms with Crippen LogP contribution in [-0.2, 0) is 14.3 Å². The molecule has 4 nitrogen and oxygen atoms in total. The van der Waals surface area contributed by atoms with Crippen molar-refractivity contribution in [2.24, 2.45) is 11.8 Å². The summed E-state index contributed by atoms with van der Waals surface area (Å²) < 4.78 is 12.4. The van der Waals surface area contributed by atoms with Gasteiger partial charge in [-0.15, -0.1) is 0 Å². The van der Waals surface area contributed by atoms with E-state index in [1.165, 1.54) is 95.5 Å². The number of carbonyl (C=O) groups excluding carboxylic acids is 1. The van der Waals surface area contributed by atoms with Gasteiger partial charge in [0, 0.05) is 18.3 Å². The van der Waals surface area contributed by atoms with Crippen LogP contribution in [0.2, 0.25) is 0 Å². The van der Waals surface area contributed by atoms with Gasteiger partial charge in [0.1, 0.15) is 12.2 Å². The molecule has 1 fully saturated rings. The van der Waals surface area contributed by atoms with E-state index >= 15 is 0 Å². The molecular formula is C39H66O4. The van der Waals surface area contributed by atoms with Gasteiger partial charge in [0.15, 0.2) is 0 Å². The van der Waals surface area contributed by atoms with E-state index in [0.29, 0.717) is 19.4 Å². The lowest BCUT2D eigenvalue weighted by Gasteiger charge is -2.34. The largest absolute Gasteiger partial charge is 0.462 e. The predicted octanol–water partition coefficient (Wildman–Crippen LogP) is 10.8. The predicted molar refractivity (Wildman–Crippen MR) is 182 cm³/mol. The first-order valence-electron chi connectivity index (χ1n) is 17.9. The molecule has 0 bridgehead atoms. The Kier molecular flexibility index (Phi) is 18.5. The fourth-order valence-electron chi connectivity index (χ4n) is 6.66. The van der Waals surface area contributed by atoms with Crippen LogP contribution in [0.3, 0.4) is 0 Å². The normalized spacial score (nSPS) is 26.5. The third kappa shape index (κ3) is 15.3. The van der Waals surface area contributed by atoms with Crippen molar-refractivity contribution < 1.29 is 19.4 Å². The minimum atomic E-state index is -0.864. The molecule has 43 heavy (non-hydrogen) atoms. The molecule has 1 heterocycles. The first-order valence-corrected chi connectivity index (χ1v) is 17.9. The number of esters is 1. The average molecular weight is 599 g/mol. The first kappa shape index (κ1) is 37.5. The van der Waals surface area contributed by atoms with Gasteiger partial charge >= 0.3 is 5.97 Å². The van der Waals surface area contributed by atoms with Crippen LogP contribution < -0.4 is 0 Å². The number of fused-ring (bicyclic) bond motifs is 1. The SMILES string of the molecule is C=C1C/C=C\[C@@](C)(O)CCC2[C@H]1CO[C@@]2(/C=C/C=C(C)C)COC(=O)CCCCCCCCCCCCCCCCCC. The second-order valence-electron chi connectivity index (χ2n) is 14.0. The quantitative estimate of drug-likeness (QED) is 0.0618. The number of rotatable bonds is 21. The van der Waals surface area contributed by atoms with E-state index in [4.69, 9.17) is 9.47 Å². The van der Waals surface area contributed by atoms with Crippen LogP contribution in [0.4, 0.5) is 0 Å². The molecule has 1 N–H and O–H groups in total. The maximum absolute atomic E-state index is 12.8. The Morgan fingerprint density at radius 2 is 1.53 bits per heavy atom. The second-order valence-corrected chi connectivity index (χ2v) is 14.0. The van der Waals surface area contributed by atoms with Gasteiger partial charge in [-0.25, -0.2) is 0 Å². The standard InChI is InChI=1S/C39H66O4/c1-6-7-8-9-10-11-12-13-14-15-16-17-18-19-20-21-26-37(40)42-32-39(29-22-24-33(2)3)36-27-30-38(5,41)28-23-25-34(4)35(36)31-43-39/h22-24,28-29,35-36,41H,4,6-21,25-27,30-32H2,1-3,5H3/b28-23-,29-22+/t35-,36?,38+,39-/m0/s1. The monoisotopic (exact) mass is 598 g/mol. The molecule has 1 unspecified atom stereocenters. The van der Waals surface area contributed by atoms with Crippen molar-refractivity contribution in [3.05, 3.63) is 48.1 Å². The lowest BCUT2D eigenvalue weighted by atomic mass is 9.74. The zero-order chi connectivity index (χ0) is 31.4. The topological polar surface area (TPSA) is 55.8 Å². The van der Waals surface area contributed by atoms with Crippen molar-refractivity contribution in [3.63, 3.8) is 0 Å². The van der Waals surface area contributed by atoms with Crippen LogP contribution in [0.25, 0.3) is 0 Å². The highest BCUT2D eigenvalue weighted by molar-refractivity contribution is 5.69. The zero-order valence-electron chi connectivity index (χ0n) is 28.5. The molecule has 2 aliphatic rings. The second kappa shape index (κ2) is 21.2. The lowest BCUT2D eigenvalue weighted by molar-refractivity contribution is -0.151. The Bertz CT molecular complexity index is 878. The number of hydrogen-bond acceptors (Lipinski definition) is 4. The Labute approximate surface area is 265 Å². The molecule has 0 aromatic heterocycles. The molecule has 246 valence electrons. The zero-order valence-corrected chi connectivity index (χ0v) is 28.5. The van der Waals surface area contributed by atoms with Crippen LogP contribution in [0.15, 0.2) is 48.1 Å². The van der Waals surface area contributed by atoms with Gasteiger partial charge in [-0.1, -0.05) is 145 Å². The molecule has 4 atom stereocenters.